The Morgan fingerprint density at radius 1 is 1.31 bits per heavy atom. The van der Waals surface area contributed by atoms with Crippen LogP contribution in [0, 0.1) is 0 Å². The van der Waals surface area contributed by atoms with Crippen LogP contribution in [0.1, 0.15) is 56.1 Å². The second-order valence-corrected chi connectivity index (χ2v) is 9.98. The van der Waals surface area contributed by atoms with Crippen molar-refractivity contribution in [3.05, 3.63) is 68.7 Å². The molecule has 5 N–H and O–H groups in total. The van der Waals surface area contributed by atoms with E-state index in [-0.39, 0.29) is 41.9 Å². The van der Waals surface area contributed by atoms with Gasteiger partial charge in [0.25, 0.3) is 0 Å². The van der Waals surface area contributed by atoms with Gasteiger partial charge in [-0.1, -0.05) is 12.1 Å². The highest BCUT2D eigenvalue weighted by molar-refractivity contribution is 5.91. The van der Waals surface area contributed by atoms with Crippen molar-refractivity contribution < 1.29 is 34.0 Å². The molecule has 10 heteroatoms. The van der Waals surface area contributed by atoms with Gasteiger partial charge in [0.15, 0.2) is 5.43 Å². The van der Waals surface area contributed by atoms with Gasteiger partial charge in [-0.2, -0.15) is 0 Å². The molecule has 3 aromatic rings. The van der Waals surface area contributed by atoms with Crippen LogP contribution in [-0.2, 0) is 35.4 Å². The molecule has 1 aromatic carbocycles. The third-order valence-electron chi connectivity index (χ3n) is 7.25. The van der Waals surface area contributed by atoms with Crippen molar-refractivity contribution in [1.82, 2.24) is 4.98 Å². The molecule has 0 radical (unpaired) electrons. The summed E-state index contributed by atoms with van der Waals surface area (Å²) in [6, 6.07) is 4.70. The van der Waals surface area contributed by atoms with Crippen molar-refractivity contribution in [2.24, 2.45) is 0 Å². The van der Waals surface area contributed by atoms with Crippen LogP contribution >= 0.6 is 0 Å². The van der Waals surface area contributed by atoms with E-state index in [1.165, 1.54) is 0 Å². The quantitative estimate of drug-likeness (QED) is 0.235. The molecule has 39 heavy (non-hydrogen) atoms. The molecule has 10 nitrogen and oxygen atoms in total. The number of aromatic hydroxyl groups is 1. The Morgan fingerprint density at radius 3 is 2.72 bits per heavy atom. The van der Waals surface area contributed by atoms with Gasteiger partial charge in [0, 0.05) is 42.0 Å². The van der Waals surface area contributed by atoms with Crippen molar-refractivity contribution in [1.29, 1.82) is 0 Å². The highest BCUT2D eigenvalue weighted by Crippen LogP contribution is 2.47. The van der Waals surface area contributed by atoms with E-state index >= 15 is 0 Å². The molecule has 0 saturated heterocycles. The number of fused-ring (bicyclic) bond motifs is 2. The predicted octanol–water partition coefficient (Wildman–Crippen LogP) is 3.10. The highest BCUT2D eigenvalue weighted by Gasteiger charge is 2.46. The third-order valence-corrected chi connectivity index (χ3v) is 7.25. The van der Waals surface area contributed by atoms with Gasteiger partial charge in [0.2, 0.25) is 0 Å². The maximum atomic E-state index is 13.0. The van der Waals surface area contributed by atoms with E-state index in [0.29, 0.717) is 47.5 Å². The van der Waals surface area contributed by atoms with Crippen LogP contribution in [-0.4, -0.2) is 44.6 Å². The molecule has 2 aromatic heterocycles. The number of aromatic nitrogens is 1. The number of hydrogen-bond donors (Lipinski definition) is 4. The number of carbonyl (C=O) groups is 1. The lowest BCUT2D eigenvalue weighted by atomic mass is 9.82. The summed E-state index contributed by atoms with van der Waals surface area (Å²) in [5.41, 5.74) is 6.41. The second kappa shape index (κ2) is 11.5. The lowest BCUT2D eigenvalue weighted by Crippen LogP contribution is -2.51. The number of phenols is 1. The van der Waals surface area contributed by atoms with Gasteiger partial charge in [0.1, 0.15) is 52.4 Å². The number of nitrogens with two attached hydrogens (primary N) is 1. The number of esters is 1. The maximum Gasteiger partial charge on any atom is 0.333 e. The van der Waals surface area contributed by atoms with Crippen molar-refractivity contribution in [2.75, 3.05) is 12.3 Å². The normalized spacial score (nSPS) is 19.0. The van der Waals surface area contributed by atoms with E-state index < -0.39 is 29.7 Å². The number of benzene rings is 1. The molecule has 0 fully saturated rings. The fourth-order valence-corrected chi connectivity index (χ4v) is 4.79. The fraction of sp³-hybridized carbons (Fsp3) is 0.414. The Morgan fingerprint density at radius 2 is 2.08 bits per heavy atom. The second-order valence-electron chi connectivity index (χ2n) is 9.98. The van der Waals surface area contributed by atoms with E-state index in [4.69, 9.17) is 19.6 Å². The van der Waals surface area contributed by atoms with Gasteiger partial charge in [0.05, 0.1) is 0 Å². The molecule has 3 heterocycles. The smallest absolute Gasteiger partial charge is 0.333 e. The van der Waals surface area contributed by atoms with Crippen LogP contribution in [0.15, 0.2) is 45.3 Å². The van der Waals surface area contributed by atoms with E-state index in [1.807, 2.05) is 13.0 Å². The van der Waals surface area contributed by atoms with Gasteiger partial charge < -0.3 is 34.9 Å². The molecule has 208 valence electrons. The number of aliphatic hydroxyl groups is 2. The van der Waals surface area contributed by atoms with Crippen molar-refractivity contribution in [3.8, 4) is 11.5 Å². The number of allylic oxidation sites excluding steroid dienone is 1. The average molecular weight is 539 g/mol. The molecular weight excluding hydrogens is 504 g/mol. The Bertz CT molecular complexity index is 1460. The molecule has 0 saturated carbocycles. The summed E-state index contributed by atoms with van der Waals surface area (Å²) in [4.78, 5) is 29.9. The standard InChI is InChI=1S/C29H34N2O8/c1-4-16(2)28(36)38-22-13-20-25(35)24-21(34)12-18(15-33)37-27(24)19(6-5-11-32)26(20)39-29(22,3)10-9-17-7-8-23(30)31-14-17/h4,7-8,12,14,22,32-33,35H,5-6,9-11,13,15H2,1-3H3,(H2,30,31). The van der Waals surface area contributed by atoms with E-state index in [0.717, 1.165) is 11.6 Å². The Kier molecular flexibility index (Phi) is 8.27. The van der Waals surface area contributed by atoms with Crippen LogP contribution < -0.4 is 15.9 Å². The lowest BCUT2D eigenvalue weighted by molar-refractivity contribution is -0.158. The number of ether oxygens (including phenoxy) is 2. The number of anilines is 1. The number of phenolic OH excluding ortho intramolecular Hbond substituents is 1. The van der Waals surface area contributed by atoms with Crippen molar-refractivity contribution in [3.63, 3.8) is 0 Å². The molecule has 4 rings (SSSR count). The van der Waals surface area contributed by atoms with Crippen LogP contribution in [0.3, 0.4) is 0 Å². The number of nitrogens with zero attached hydrogens (tertiary/aromatic N) is 1. The summed E-state index contributed by atoms with van der Waals surface area (Å²) in [7, 11) is 0. The first-order valence-corrected chi connectivity index (χ1v) is 12.9. The molecule has 1 aliphatic rings. The Labute approximate surface area is 225 Å². The van der Waals surface area contributed by atoms with Crippen LogP contribution in [0.2, 0.25) is 0 Å². The lowest BCUT2D eigenvalue weighted by Gasteiger charge is -2.43. The summed E-state index contributed by atoms with van der Waals surface area (Å²) >= 11 is 0. The SMILES string of the molecule is CC=C(C)C(=O)OC1Cc2c(c(CCCO)c3oc(CO)cc(=O)c3c2O)OC1(C)CCc1ccc(N)nc1. The van der Waals surface area contributed by atoms with Crippen LogP contribution in [0.25, 0.3) is 11.0 Å². The van der Waals surface area contributed by atoms with Gasteiger partial charge in [-0.15, -0.1) is 0 Å². The number of rotatable bonds is 9. The van der Waals surface area contributed by atoms with Gasteiger partial charge >= 0.3 is 5.97 Å². The Hall–Kier alpha value is -3.89. The molecular formula is C29H34N2O8. The zero-order valence-corrected chi connectivity index (χ0v) is 22.3. The number of hydrogen-bond acceptors (Lipinski definition) is 10. The number of pyridine rings is 1. The molecule has 1 aliphatic heterocycles. The van der Waals surface area contributed by atoms with Gasteiger partial charge in [-0.25, -0.2) is 9.78 Å². The number of aliphatic hydroxyl groups excluding tert-OH is 2. The minimum absolute atomic E-state index is 0.0418. The number of carbonyl (C=O) groups excluding carboxylic acids is 1. The summed E-state index contributed by atoms with van der Waals surface area (Å²) in [6.45, 7) is 4.60. The monoisotopic (exact) mass is 538 g/mol. The van der Waals surface area contributed by atoms with Crippen molar-refractivity contribution >= 4 is 22.8 Å². The first kappa shape index (κ1) is 28.1. The van der Waals surface area contributed by atoms with E-state index in [9.17, 15) is 24.9 Å². The van der Waals surface area contributed by atoms with Crippen LogP contribution in [0.4, 0.5) is 5.82 Å². The minimum Gasteiger partial charge on any atom is -0.507 e. The van der Waals surface area contributed by atoms with Gasteiger partial charge in [-0.3, -0.25) is 4.79 Å². The zero-order valence-electron chi connectivity index (χ0n) is 22.3. The molecule has 0 spiro atoms. The predicted molar refractivity (Wildman–Crippen MR) is 144 cm³/mol. The minimum atomic E-state index is -1.04. The Balaban J connectivity index is 1.86. The first-order valence-electron chi connectivity index (χ1n) is 12.9. The van der Waals surface area contributed by atoms with Crippen LogP contribution in [0.5, 0.6) is 11.5 Å². The van der Waals surface area contributed by atoms with Gasteiger partial charge in [-0.05, 0) is 58.1 Å². The molecule has 2 unspecified atom stereocenters. The number of aryl methyl sites for hydroxylation is 2. The zero-order chi connectivity index (χ0) is 28.3. The first-order chi connectivity index (χ1) is 18.6. The topological polar surface area (TPSA) is 165 Å². The average Bonchev–Trinajstić information content (AvgIpc) is 2.92. The van der Waals surface area contributed by atoms with E-state index in [1.54, 1.807) is 32.2 Å². The van der Waals surface area contributed by atoms with Crippen molar-refractivity contribution in [2.45, 2.75) is 71.2 Å². The van der Waals surface area contributed by atoms with E-state index in [2.05, 4.69) is 4.98 Å². The fourth-order valence-electron chi connectivity index (χ4n) is 4.79. The summed E-state index contributed by atoms with van der Waals surface area (Å²) in [5.74, 6) is -0.0664. The highest BCUT2D eigenvalue weighted by atomic mass is 16.6. The molecule has 0 amide bonds. The number of nitrogen functional groups attached to an aromatic ring is 1. The summed E-state index contributed by atoms with van der Waals surface area (Å²) < 4.78 is 18.4. The molecule has 2 atom stereocenters. The molecule has 0 bridgehead atoms. The molecule has 0 aliphatic carbocycles. The summed E-state index contributed by atoms with van der Waals surface area (Å²) in [6.07, 6.45) is 4.20. The maximum absolute atomic E-state index is 13.0. The third kappa shape index (κ3) is 5.62. The summed E-state index contributed by atoms with van der Waals surface area (Å²) in [5, 5.41) is 30.4. The largest absolute Gasteiger partial charge is 0.507 e.